The van der Waals surface area contributed by atoms with E-state index in [2.05, 4.69) is 0 Å². The highest BCUT2D eigenvalue weighted by molar-refractivity contribution is 5.55. The van der Waals surface area contributed by atoms with Crippen molar-refractivity contribution in [1.29, 1.82) is 0 Å². The Balaban J connectivity index is 2.23. The van der Waals surface area contributed by atoms with Crippen LogP contribution in [0.15, 0.2) is 12.1 Å². The van der Waals surface area contributed by atoms with Gasteiger partial charge in [0.1, 0.15) is 6.10 Å². The van der Waals surface area contributed by atoms with Crippen LogP contribution in [0.5, 0.6) is 17.2 Å². The molecule has 1 unspecified atom stereocenters. The number of aliphatic hydroxyl groups excluding tert-OH is 1. The molecule has 0 aliphatic carbocycles. The lowest BCUT2D eigenvalue weighted by Crippen LogP contribution is -2.07. The van der Waals surface area contributed by atoms with Gasteiger partial charge in [-0.1, -0.05) is 0 Å². The molecule has 94 valence electrons. The fraction of sp³-hybridized carbons (Fsp3) is 0.500. The zero-order chi connectivity index (χ0) is 12.3. The fourth-order valence-corrected chi connectivity index (χ4v) is 1.67. The molecule has 17 heavy (non-hydrogen) atoms. The van der Waals surface area contributed by atoms with Crippen LogP contribution in [0.4, 0.5) is 0 Å². The van der Waals surface area contributed by atoms with Gasteiger partial charge in [-0.05, 0) is 24.6 Å². The number of fused-ring (bicyclic) bond motifs is 1. The minimum Gasteiger partial charge on any atom is -0.493 e. The third-order valence-corrected chi connectivity index (χ3v) is 2.55. The van der Waals surface area contributed by atoms with Crippen LogP contribution in [0.3, 0.4) is 0 Å². The highest BCUT2D eigenvalue weighted by Gasteiger charge is 2.22. The molecule has 0 amide bonds. The molecular formula is C12H16O5. The van der Waals surface area contributed by atoms with Crippen molar-refractivity contribution in [2.24, 2.45) is 0 Å². The molecule has 0 spiro atoms. The Bertz CT molecular complexity index is 391. The van der Waals surface area contributed by atoms with Crippen molar-refractivity contribution in [1.82, 2.24) is 0 Å². The van der Waals surface area contributed by atoms with Gasteiger partial charge in [0.05, 0.1) is 13.7 Å². The van der Waals surface area contributed by atoms with Gasteiger partial charge >= 0.3 is 0 Å². The number of hydrogen-bond donors (Lipinski definition) is 1. The molecule has 1 aliphatic heterocycles. The van der Waals surface area contributed by atoms with Crippen LogP contribution in [0.1, 0.15) is 18.6 Å². The molecule has 2 rings (SSSR count). The van der Waals surface area contributed by atoms with E-state index in [4.69, 9.17) is 18.9 Å². The molecule has 1 aromatic rings. The summed E-state index contributed by atoms with van der Waals surface area (Å²) in [5, 5.41) is 9.93. The van der Waals surface area contributed by atoms with Crippen LogP contribution in [0.2, 0.25) is 0 Å². The summed E-state index contributed by atoms with van der Waals surface area (Å²) in [6.07, 6.45) is -0.696. The molecule has 1 aliphatic rings. The zero-order valence-corrected chi connectivity index (χ0v) is 9.93. The molecule has 5 nitrogen and oxygen atoms in total. The second-order valence-corrected chi connectivity index (χ2v) is 3.63. The Hall–Kier alpha value is -1.46. The van der Waals surface area contributed by atoms with E-state index in [-0.39, 0.29) is 13.4 Å². The summed E-state index contributed by atoms with van der Waals surface area (Å²) in [7, 11) is 1.55. The minimum atomic E-state index is -0.696. The van der Waals surface area contributed by atoms with Gasteiger partial charge in [-0.2, -0.15) is 0 Å². The highest BCUT2D eigenvalue weighted by Crippen LogP contribution is 2.42. The molecule has 0 bridgehead atoms. The topological polar surface area (TPSA) is 57.2 Å². The molecule has 0 radical (unpaired) electrons. The SMILES string of the molecule is CCOCC(O)c1cc(OC)c2c(c1)OCO2. The third-order valence-electron chi connectivity index (χ3n) is 2.55. The fourth-order valence-electron chi connectivity index (χ4n) is 1.67. The first kappa shape index (κ1) is 12.0. The summed E-state index contributed by atoms with van der Waals surface area (Å²) in [5.74, 6) is 1.74. The number of methoxy groups -OCH3 is 1. The molecule has 0 saturated heterocycles. The molecule has 5 heteroatoms. The number of hydrogen-bond acceptors (Lipinski definition) is 5. The van der Waals surface area contributed by atoms with Crippen molar-refractivity contribution in [3.8, 4) is 17.2 Å². The Morgan fingerprint density at radius 3 is 2.94 bits per heavy atom. The van der Waals surface area contributed by atoms with E-state index in [9.17, 15) is 5.11 Å². The first-order valence-electron chi connectivity index (χ1n) is 5.49. The van der Waals surface area contributed by atoms with Crippen molar-refractivity contribution < 1.29 is 24.1 Å². The Labute approximate surface area is 99.9 Å². The average Bonchev–Trinajstić information content (AvgIpc) is 2.82. The lowest BCUT2D eigenvalue weighted by Gasteiger charge is -2.13. The summed E-state index contributed by atoms with van der Waals surface area (Å²) >= 11 is 0. The standard InChI is InChI=1S/C12H16O5/c1-3-15-6-9(13)8-4-10(14-2)12-11(5-8)16-7-17-12/h4-5,9,13H,3,6-7H2,1-2H3. The van der Waals surface area contributed by atoms with Crippen molar-refractivity contribution >= 4 is 0 Å². The summed E-state index contributed by atoms with van der Waals surface area (Å²) in [5.41, 5.74) is 0.694. The van der Waals surface area contributed by atoms with E-state index in [0.29, 0.717) is 29.4 Å². The molecule has 0 aromatic heterocycles. The van der Waals surface area contributed by atoms with Gasteiger partial charge in [-0.3, -0.25) is 0 Å². The number of rotatable bonds is 5. The van der Waals surface area contributed by atoms with Gasteiger partial charge in [-0.25, -0.2) is 0 Å². The van der Waals surface area contributed by atoms with E-state index < -0.39 is 6.10 Å². The van der Waals surface area contributed by atoms with Crippen LogP contribution >= 0.6 is 0 Å². The molecule has 1 atom stereocenters. The summed E-state index contributed by atoms with van der Waals surface area (Å²) in [6, 6.07) is 3.48. The maximum absolute atomic E-state index is 9.93. The summed E-state index contributed by atoms with van der Waals surface area (Å²) in [4.78, 5) is 0. The number of ether oxygens (including phenoxy) is 4. The van der Waals surface area contributed by atoms with Gasteiger partial charge in [0, 0.05) is 6.61 Å². The average molecular weight is 240 g/mol. The van der Waals surface area contributed by atoms with Gasteiger partial charge < -0.3 is 24.1 Å². The lowest BCUT2D eigenvalue weighted by molar-refractivity contribution is 0.0418. The predicted molar refractivity (Wildman–Crippen MR) is 60.6 cm³/mol. The molecule has 1 heterocycles. The van der Waals surface area contributed by atoms with E-state index in [0.717, 1.165) is 0 Å². The largest absolute Gasteiger partial charge is 0.493 e. The van der Waals surface area contributed by atoms with Crippen LogP contribution < -0.4 is 14.2 Å². The Morgan fingerprint density at radius 1 is 1.41 bits per heavy atom. The Morgan fingerprint density at radius 2 is 2.24 bits per heavy atom. The normalized spacial score (nSPS) is 14.8. The van der Waals surface area contributed by atoms with Gasteiger partial charge in [0.25, 0.3) is 0 Å². The quantitative estimate of drug-likeness (QED) is 0.845. The maximum atomic E-state index is 9.93. The van der Waals surface area contributed by atoms with E-state index in [1.165, 1.54) is 0 Å². The summed E-state index contributed by atoms with van der Waals surface area (Å²) in [6.45, 7) is 2.88. The van der Waals surface area contributed by atoms with Gasteiger partial charge in [-0.15, -0.1) is 0 Å². The zero-order valence-electron chi connectivity index (χ0n) is 9.93. The monoisotopic (exact) mass is 240 g/mol. The number of benzene rings is 1. The van der Waals surface area contributed by atoms with Crippen LogP contribution in [0.25, 0.3) is 0 Å². The highest BCUT2D eigenvalue weighted by atomic mass is 16.7. The molecule has 1 N–H and O–H groups in total. The lowest BCUT2D eigenvalue weighted by atomic mass is 10.1. The molecule has 1 aromatic carbocycles. The van der Waals surface area contributed by atoms with Crippen molar-refractivity contribution in [2.75, 3.05) is 27.1 Å². The van der Waals surface area contributed by atoms with Crippen LogP contribution in [-0.4, -0.2) is 32.2 Å². The first-order valence-corrected chi connectivity index (χ1v) is 5.49. The second-order valence-electron chi connectivity index (χ2n) is 3.63. The molecular weight excluding hydrogens is 224 g/mol. The van der Waals surface area contributed by atoms with Gasteiger partial charge in [0.15, 0.2) is 11.5 Å². The van der Waals surface area contributed by atoms with Crippen molar-refractivity contribution in [3.05, 3.63) is 17.7 Å². The summed E-state index contributed by atoms with van der Waals surface area (Å²) < 4.78 is 20.9. The third kappa shape index (κ3) is 2.45. The maximum Gasteiger partial charge on any atom is 0.231 e. The van der Waals surface area contributed by atoms with E-state index >= 15 is 0 Å². The van der Waals surface area contributed by atoms with E-state index in [1.807, 2.05) is 6.92 Å². The van der Waals surface area contributed by atoms with Crippen molar-refractivity contribution in [2.45, 2.75) is 13.0 Å². The van der Waals surface area contributed by atoms with Crippen molar-refractivity contribution in [3.63, 3.8) is 0 Å². The minimum absolute atomic E-state index is 0.177. The smallest absolute Gasteiger partial charge is 0.231 e. The van der Waals surface area contributed by atoms with Crippen LogP contribution in [-0.2, 0) is 4.74 Å². The first-order chi connectivity index (χ1) is 8.26. The molecule has 0 saturated carbocycles. The van der Waals surface area contributed by atoms with Crippen LogP contribution in [0, 0.1) is 0 Å². The van der Waals surface area contributed by atoms with Gasteiger partial charge in [0.2, 0.25) is 12.5 Å². The second kappa shape index (κ2) is 5.25. The van der Waals surface area contributed by atoms with E-state index in [1.54, 1.807) is 19.2 Å². The predicted octanol–water partition coefficient (Wildman–Crippen LogP) is 1.49. The molecule has 0 fully saturated rings. The number of aliphatic hydroxyl groups is 1. The Kier molecular flexibility index (Phi) is 3.71.